The van der Waals surface area contributed by atoms with E-state index in [0.29, 0.717) is 0 Å². The summed E-state index contributed by atoms with van der Waals surface area (Å²) in [6, 6.07) is 12.7. The van der Waals surface area contributed by atoms with Crippen LogP contribution in [0, 0.1) is 4.64 Å². The van der Waals surface area contributed by atoms with Crippen molar-refractivity contribution in [2.24, 2.45) is 0 Å². The molecular formula is C11H9Cl2NS. The van der Waals surface area contributed by atoms with Crippen LogP contribution >= 0.6 is 35.4 Å². The molecule has 15 heavy (non-hydrogen) atoms. The van der Waals surface area contributed by atoms with Gasteiger partial charge >= 0.3 is 0 Å². The molecule has 0 radical (unpaired) electrons. The Labute approximate surface area is 104 Å². The summed E-state index contributed by atoms with van der Waals surface area (Å²) in [5.41, 5.74) is 0. The zero-order valence-electron chi connectivity index (χ0n) is 7.78. The molecule has 0 fully saturated rings. The number of pyridine rings is 1. The average molecular weight is 258 g/mol. The van der Waals surface area contributed by atoms with E-state index in [9.17, 15) is 0 Å². The van der Waals surface area contributed by atoms with Crippen LogP contribution in [0.4, 0.5) is 0 Å². The summed E-state index contributed by atoms with van der Waals surface area (Å²) in [4.78, 5) is 2.85. The van der Waals surface area contributed by atoms with E-state index < -0.39 is 0 Å². The Morgan fingerprint density at radius 3 is 1.67 bits per heavy atom. The first-order chi connectivity index (χ1) is 7.18. The molecule has 2 aromatic rings. The second kappa shape index (κ2) is 6.62. The third kappa shape index (κ3) is 5.57. The number of rotatable bonds is 0. The highest BCUT2D eigenvalue weighted by atomic mass is 35.5. The van der Waals surface area contributed by atoms with Gasteiger partial charge in [0.15, 0.2) is 0 Å². The third-order valence-corrected chi connectivity index (χ3v) is 2.24. The number of halogens is 2. The van der Waals surface area contributed by atoms with Crippen molar-refractivity contribution >= 4 is 35.4 Å². The highest BCUT2D eigenvalue weighted by Crippen LogP contribution is 2.12. The van der Waals surface area contributed by atoms with Gasteiger partial charge in [-0.3, -0.25) is 0 Å². The first-order valence-corrected chi connectivity index (χ1v) is 5.39. The van der Waals surface area contributed by atoms with Gasteiger partial charge in [0.25, 0.3) is 0 Å². The Kier molecular flexibility index (Phi) is 5.40. The molecule has 2 rings (SSSR count). The van der Waals surface area contributed by atoms with E-state index in [1.165, 1.54) is 0 Å². The summed E-state index contributed by atoms with van der Waals surface area (Å²) in [6.07, 6.45) is 1.81. The average Bonchev–Trinajstić information content (AvgIpc) is 2.25. The van der Waals surface area contributed by atoms with Crippen molar-refractivity contribution in [3.63, 3.8) is 0 Å². The van der Waals surface area contributed by atoms with Gasteiger partial charge in [-0.2, -0.15) is 0 Å². The number of benzene rings is 1. The number of hydrogen-bond acceptors (Lipinski definition) is 1. The molecule has 0 atom stereocenters. The molecule has 1 N–H and O–H groups in total. The minimum absolute atomic E-state index is 0.717. The topological polar surface area (TPSA) is 15.8 Å². The largest absolute Gasteiger partial charge is 0.353 e. The Morgan fingerprint density at radius 1 is 0.867 bits per heavy atom. The number of H-pyrrole nitrogens is 1. The minimum atomic E-state index is 0.717. The zero-order valence-corrected chi connectivity index (χ0v) is 10.1. The predicted octanol–water partition coefficient (Wildman–Crippen LogP) is 4.74. The Bertz CT molecular complexity index is 412. The number of aromatic amines is 1. The molecule has 78 valence electrons. The molecule has 0 saturated heterocycles. The molecule has 1 nitrogen and oxygen atoms in total. The van der Waals surface area contributed by atoms with Gasteiger partial charge < -0.3 is 4.98 Å². The molecule has 0 aliphatic heterocycles. The van der Waals surface area contributed by atoms with Crippen molar-refractivity contribution in [1.82, 2.24) is 4.98 Å². The van der Waals surface area contributed by atoms with Crippen molar-refractivity contribution in [2.75, 3.05) is 0 Å². The maximum atomic E-state index is 5.55. The van der Waals surface area contributed by atoms with Gasteiger partial charge in [0.1, 0.15) is 4.64 Å². The van der Waals surface area contributed by atoms with Crippen LogP contribution in [-0.2, 0) is 0 Å². The fourth-order valence-corrected chi connectivity index (χ4v) is 1.21. The molecule has 0 saturated carbocycles. The summed E-state index contributed by atoms with van der Waals surface area (Å²) in [7, 11) is 0. The van der Waals surface area contributed by atoms with Gasteiger partial charge in [-0.1, -0.05) is 41.5 Å². The molecule has 0 bridgehead atoms. The first-order valence-electron chi connectivity index (χ1n) is 4.23. The Hall–Kier alpha value is -0.830. The van der Waals surface area contributed by atoms with Crippen molar-refractivity contribution in [1.29, 1.82) is 0 Å². The van der Waals surface area contributed by atoms with Gasteiger partial charge in [0.2, 0.25) is 0 Å². The minimum Gasteiger partial charge on any atom is -0.353 e. The van der Waals surface area contributed by atoms with Crippen molar-refractivity contribution < 1.29 is 0 Å². The highest BCUT2D eigenvalue weighted by molar-refractivity contribution is 7.71. The van der Waals surface area contributed by atoms with Gasteiger partial charge in [0, 0.05) is 16.2 Å². The highest BCUT2D eigenvalue weighted by Gasteiger charge is 1.83. The van der Waals surface area contributed by atoms with Crippen LogP contribution < -0.4 is 0 Å². The van der Waals surface area contributed by atoms with E-state index in [-0.39, 0.29) is 0 Å². The van der Waals surface area contributed by atoms with E-state index in [4.69, 9.17) is 35.4 Å². The molecule has 0 amide bonds. The lowest BCUT2D eigenvalue weighted by molar-refractivity contribution is 1.30. The summed E-state index contributed by atoms with van der Waals surface area (Å²) in [5.74, 6) is 0. The van der Waals surface area contributed by atoms with E-state index in [1.807, 2.05) is 24.4 Å². The predicted molar refractivity (Wildman–Crippen MR) is 68.1 cm³/mol. The van der Waals surface area contributed by atoms with Crippen LogP contribution in [0.5, 0.6) is 0 Å². The van der Waals surface area contributed by atoms with E-state index in [1.54, 1.807) is 24.3 Å². The Balaban J connectivity index is 0.000000151. The van der Waals surface area contributed by atoms with Gasteiger partial charge in [-0.25, -0.2) is 0 Å². The van der Waals surface area contributed by atoms with Gasteiger partial charge in [-0.15, -0.1) is 0 Å². The van der Waals surface area contributed by atoms with E-state index in [0.717, 1.165) is 14.7 Å². The summed E-state index contributed by atoms with van der Waals surface area (Å²) >= 11 is 15.9. The molecule has 1 aromatic heterocycles. The number of hydrogen-bond donors (Lipinski definition) is 1. The SMILES string of the molecule is Clc1ccc(Cl)cc1.S=c1cccc[nH]1. The van der Waals surface area contributed by atoms with Crippen LogP contribution in [0.2, 0.25) is 10.0 Å². The van der Waals surface area contributed by atoms with Gasteiger partial charge in [0.05, 0.1) is 0 Å². The maximum Gasteiger partial charge on any atom is 0.103 e. The summed E-state index contributed by atoms with van der Waals surface area (Å²) < 4.78 is 0.780. The zero-order chi connectivity index (χ0) is 11.1. The molecule has 4 heteroatoms. The third-order valence-electron chi connectivity index (χ3n) is 1.48. The number of nitrogens with one attached hydrogen (secondary N) is 1. The Morgan fingerprint density at radius 2 is 1.40 bits per heavy atom. The lowest BCUT2D eigenvalue weighted by atomic mass is 10.4. The summed E-state index contributed by atoms with van der Waals surface area (Å²) in [5, 5.41) is 1.43. The molecule has 0 aliphatic carbocycles. The van der Waals surface area contributed by atoms with Crippen LogP contribution in [0.15, 0.2) is 48.7 Å². The van der Waals surface area contributed by atoms with Crippen LogP contribution in [-0.4, -0.2) is 4.98 Å². The second-order valence-electron chi connectivity index (χ2n) is 2.66. The molecular weight excluding hydrogens is 249 g/mol. The number of aromatic nitrogens is 1. The smallest absolute Gasteiger partial charge is 0.103 e. The van der Waals surface area contributed by atoms with E-state index in [2.05, 4.69) is 4.98 Å². The van der Waals surface area contributed by atoms with Crippen molar-refractivity contribution in [3.8, 4) is 0 Å². The lowest BCUT2D eigenvalue weighted by Gasteiger charge is -1.86. The standard InChI is InChI=1S/C6H4Cl2.C5H5NS/c7-5-1-2-6(8)4-3-5;7-5-3-1-2-4-6-5/h1-4H;1-4H,(H,6,7). The van der Waals surface area contributed by atoms with Crippen LogP contribution in [0.3, 0.4) is 0 Å². The van der Waals surface area contributed by atoms with Crippen LogP contribution in [0.1, 0.15) is 0 Å². The fourth-order valence-electron chi connectivity index (χ4n) is 0.806. The van der Waals surface area contributed by atoms with Crippen LogP contribution in [0.25, 0.3) is 0 Å². The summed E-state index contributed by atoms with van der Waals surface area (Å²) in [6.45, 7) is 0. The molecule has 0 unspecified atom stereocenters. The lowest BCUT2D eigenvalue weighted by Crippen LogP contribution is -1.64. The van der Waals surface area contributed by atoms with Gasteiger partial charge in [-0.05, 0) is 36.4 Å². The normalized spacial score (nSPS) is 8.93. The van der Waals surface area contributed by atoms with Crippen molar-refractivity contribution in [3.05, 3.63) is 63.3 Å². The van der Waals surface area contributed by atoms with Crippen molar-refractivity contribution in [2.45, 2.75) is 0 Å². The first kappa shape index (κ1) is 12.2. The fraction of sp³-hybridized carbons (Fsp3) is 0. The monoisotopic (exact) mass is 257 g/mol. The molecule has 1 heterocycles. The molecule has 1 aromatic carbocycles. The van der Waals surface area contributed by atoms with E-state index >= 15 is 0 Å². The molecule has 0 spiro atoms. The second-order valence-corrected chi connectivity index (χ2v) is 3.98. The molecule has 0 aliphatic rings. The quantitative estimate of drug-likeness (QED) is 0.675. The maximum absolute atomic E-state index is 5.55.